The molecule has 0 aliphatic carbocycles. The number of amides is 1. The second-order valence-electron chi connectivity index (χ2n) is 15.1. The summed E-state index contributed by atoms with van der Waals surface area (Å²) in [6, 6.07) is -0.618. The lowest BCUT2D eigenvalue weighted by atomic mass is 10.0. The number of hydrogen-bond donors (Lipinski definition) is 3. The van der Waals surface area contributed by atoms with E-state index < -0.39 is 12.1 Å². The van der Waals surface area contributed by atoms with Gasteiger partial charge in [-0.1, -0.05) is 212 Å². The number of hydrogen-bond acceptors (Lipinski definition) is 3. The third-order valence-corrected chi connectivity index (χ3v) is 10.2. The van der Waals surface area contributed by atoms with Crippen molar-refractivity contribution in [1.82, 2.24) is 5.32 Å². The highest BCUT2D eigenvalue weighted by molar-refractivity contribution is 5.76. The maximum Gasteiger partial charge on any atom is 0.220 e. The van der Waals surface area contributed by atoms with Crippen LogP contribution >= 0.6 is 0 Å². The number of rotatable bonds is 40. The minimum Gasteiger partial charge on any atom is -0.394 e. The van der Waals surface area contributed by atoms with E-state index in [-0.39, 0.29) is 12.5 Å². The minimum atomic E-state index is -0.835. The quantitative estimate of drug-likeness (QED) is 0.0443. The van der Waals surface area contributed by atoms with Crippen molar-refractivity contribution in [2.24, 2.45) is 0 Å². The topological polar surface area (TPSA) is 69.6 Å². The van der Waals surface area contributed by atoms with Gasteiger partial charge in [-0.05, 0) is 44.9 Å². The lowest BCUT2D eigenvalue weighted by Gasteiger charge is -2.20. The average molecular weight is 690 g/mol. The first-order valence-corrected chi connectivity index (χ1v) is 22.1. The van der Waals surface area contributed by atoms with Crippen molar-refractivity contribution in [1.29, 1.82) is 0 Å². The van der Waals surface area contributed by atoms with E-state index in [2.05, 4.69) is 31.3 Å². The van der Waals surface area contributed by atoms with Crippen LogP contribution in [0.5, 0.6) is 0 Å². The van der Waals surface area contributed by atoms with Crippen molar-refractivity contribution in [2.75, 3.05) is 6.61 Å². The normalized spacial score (nSPS) is 13.1. The highest BCUT2D eigenvalue weighted by Gasteiger charge is 2.17. The standard InChI is InChI=1S/C45H87NO3/c1-3-5-7-9-11-13-15-17-18-19-20-21-22-23-24-25-26-27-28-29-31-33-35-37-39-41-45(49)46-43(42-47)44(48)40-38-36-34-32-30-16-14-12-10-8-6-4-2/h19-20,38,40,43-44,47-48H,3-18,21-37,39,41-42H2,1-2H3,(H,46,49)/b20-19-,40-38+. The number of nitrogens with one attached hydrogen (secondary N) is 1. The third kappa shape index (κ3) is 37.9. The van der Waals surface area contributed by atoms with E-state index in [1.807, 2.05) is 6.08 Å². The molecule has 0 fully saturated rings. The van der Waals surface area contributed by atoms with Crippen LogP contribution in [0.15, 0.2) is 24.3 Å². The Kier molecular flexibility index (Phi) is 40.3. The van der Waals surface area contributed by atoms with Gasteiger partial charge in [0, 0.05) is 6.42 Å². The summed E-state index contributed by atoms with van der Waals surface area (Å²) in [5.41, 5.74) is 0. The maximum absolute atomic E-state index is 12.4. The SMILES string of the molecule is CCCCCCCCCC/C=C\CCCCCCCCCCCCCCCC(=O)NC(CO)C(O)/C=C/CCCCCCCCCCCC. The number of aliphatic hydroxyl groups excluding tert-OH is 2. The molecule has 4 heteroatoms. The first kappa shape index (κ1) is 47.9. The Morgan fingerprint density at radius 2 is 0.776 bits per heavy atom. The Balaban J connectivity index is 3.49. The molecule has 3 N–H and O–H groups in total. The van der Waals surface area contributed by atoms with Crippen LogP contribution in [0.4, 0.5) is 0 Å². The van der Waals surface area contributed by atoms with Gasteiger partial charge in [0.1, 0.15) is 0 Å². The van der Waals surface area contributed by atoms with Crippen LogP contribution < -0.4 is 5.32 Å². The van der Waals surface area contributed by atoms with Crippen LogP contribution in [0.1, 0.15) is 239 Å². The summed E-state index contributed by atoms with van der Waals surface area (Å²) >= 11 is 0. The number of aliphatic hydroxyl groups is 2. The summed E-state index contributed by atoms with van der Waals surface area (Å²) in [6.07, 6.45) is 52.9. The number of carbonyl (C=O) groups is 1. The molecule has 0 heterocycles. The molecule has 0 spiro atoms. The molecule has 49 heavy (non-hydrogen) atoms. The van der Waals surface area contributed by atoms with E-state index in [0.717, 1.165) is 25.7 Å². The number of carbonyl (C=O) groups excluding carboxylic acids is 1. The predicted octanol–water partition coefficient (Wildman–Crippen LogP) is 13.6. The Hall–Kier alpha value is -1.13. The first-order valence-electron chi connectivity index (χ1n) is 22.1. The molecule has 0 aliphatic heterocycles. The van der Waals surface area contributed by atoms with Crippen molar-refractivity contribution < 1.29 is 15.0 Å². The zero-order valence-corrected chi connectivity index (χ0v) is 33.2. The molecule has 0 saturated carbocycles. The monoisotopic (exact) mass is 690 g/mol. The highest BCUT2D eigenvalue weighted by atomic mass is 16.3. The number of allylic oxidation sites excluding steroid dienone is 3. The highest BCUT2D eigenvalue weighted by Crippen LogP contribution is 2.15. The van der Waals surface area contributed by atoms with Crippen molar-refractivity contribution in [3.63, 3.8) is 0 Å². The molecule has 4 nitrogen and oxygen atoms in total. The van der Waals surface area contributed by atoms with Gasteiger partial charge in [-0.3, -0.25) is 4.79 Å². The van der Waals surface area contributed by atoms with Crippen molar-refractivity contribution >= 4 is 5.91 Å². The maximum atomic E-state index is 12.4. The Bertz CT molecular complexity index is 705. The van der Waals surface area contributed by atoms with E-state index >= 15 is 0 Å². The Morgan fingerprint density at radius 3 is 1.12 bits per heavy atom. The van der Waals surface area contributed by atoms with Gasteiger partial charge in [0.25, 0.3) is 0 Å². The Morgan fingerprint density at radius 1 is 0.469 bits per heavy atom. The summed E-state index contributed by atoms with van der Waals surface area (Å²) in [7, 11) is 0. The molecule has 0 saturated heterocycles. The smallest absolute Gasteiger partial charge is 0.220 e. The van der Waals surface area contributed by atoms with Crippen LogP contribution in [0.25, 0.3) is 0 Å². The largest absolute Gasteiger partial charge is 0.394 e. The van der Waals surface area contributed by atoms with Crippen LogP contribution in [-0.2, 0) is 4.79 Å². The van der Waals surface area contributed by atoms with Gasteiger partial charge in [-0.25, -0.2) is 0 Å². The molecule has 0 bridgehead atoms. The minimum absolute atomic E-state index is 0.0632. The van der Waals surface area contributed by atoms with Gasteiger partial charge in [0.15, 0.2) is 0 Å². The van der Waals surface area contributed by atoms with E-state index in [1.54, 1.807) is 6.08 Å². The predicted molar refractivity (Wildman–Crippen MR) is 216 cm³/mol. The van der Waals surface area contributed by atoms with E-state index in [1.165, 1.54) is 193 Å². The molecule has 0 aromatic rings. The van der Waals surface area contributed by atoms with Crippen LogP contribution in [0.3, 0.4) is 0 Å². The summed E-state index contributed by atoms with van der Waals surface area (Å²) in [5.74, 6) is -0.0632. The molecular formula is C45H87NO3. The summed E-state index contributed by atoms with van der Waals surface area (Å²) < 4.78 is 0. The molecule has 2 atom stereocenters. The van der Waals surface area contributed by atoms with Crippen LogP contribution in [0, 0.1) is 0 Å². The first-order chi connectivity index (χ1) is 24.2. The van der Waals surface area contributed by atoms with Crippen LogP contribution in [-0.4, -0.2) is 34.9 Å². The molecular weight excluding hydrogens is 602 g/mol. The summed E-state index contributed by atoms with van der Waals surface area (Å²) in [6.45, 7) is 4.31. The molecule has 2 unspecified atom stereocenters. The summed E-state index contributed by atoms with van der Waals surface area (Å²) in [4.78, 5) is 12.4. The van der Waals surface area contributed by atoms with E-state index in [9.17, 15) is 15.0 Å². The van der Waals surface area contributed by atoms with Gasteiger partial charge in [0.2, 0.25) is 5.91 Å². The van der Waals surface area contributed by atoms with Gasteiger partial charge >= 0.3 is 0 Å². The second kappa shape index (κ2) is 41.3. The van der Waals surface area contributed by atoms with Gasteiger partial charge in [0.05, 0.1) is 18.8 Å². The van der Waals surface area contributed by atoms with E-state index in [4.69, 9.17) is 0 Å². The lowest BCUT2D eigenvalue weighted by Crippen LogP contribution is -2.45. The van der Waals surface area contributed by atoms with Gasteiger partial charge < -0.3 is 15.5 Å². The molecule has 0 rings (SSSR count). The molecule has 0 radical (unpaired) electrons. The number of unbranched alkanes of at least 4 members (excludes halogenated alkanes) is 31. The second-order valence-corrected chi connectivity index (χ2v) is 15.1. The zero-order chi connectivity index (χ0) is 35.7. The fraction of sp³-hybridized carbons (Fsp3) is 0.889. The molecule has 290 valence electrons. The third-order valence-electron chi connectivity index (χ3n) is 10.2. The Labute approximate surface area is 307 Å². The van der Waals surface area contributed by atoms with Crippen LogP contribution in [0.2, 0.25) is 0 Å². The molecule has 0 aromatic heterocycles. The van der Waals surface area contributed by atoms with E-state index in [0.29, 0.717) is 6.42 Å². The van der Waals surface area contributed by atoms with Crippen molar-refractivity contribution in [3.05, 3.63) is 24.3 Å². The fourth-order valence-electron chi connectivity index (χ4n) is 6.76. The van der Waals surface area contributed by atoms with Crippen molar-refractivity contribution in [3.8, 4) is 0 Å². The van der Waals surface area contributed by atoms with Gasteiger partial charge in [-0.15, -0.1) is 0 Å². The average Bonchev–Trinajstić information content (AvgIpc) is 3.10. The molecule has 0 aliphatic rings. The molecule has 0 aromatic carbocycles. The van der Waals surface area contributed by atoms with Gasteiger partial charge in [-0.2, -0.15) is 0 Å². The lowest BCUT2D eigenvalue weighted by molar-refractivity contribution is -0.123. The zero-order valence-electron chi connectivity index (χ0n) is 33.2. The van der Waals surface area contributed by atoms with Crippen molar-refractivity contribution in [2.45, 2.75) is 251 Å². The molecule has 1 amide bonds. The fourth-order valence-corrected chi connectivity index (χ4v) is 6.76. The summed E-state index contributed by atoms with van der Waals surface area (Å²) in [5, 5.41) is 22.9.